The van der Waals surface area contributed by atoms with Crippen molar-refractivity contribution in [2.24, 2.45) is 0 Å². The van der Waals surface area contributed by atoms with Gasteiger partial charge in [0.05, 0.1) is 17.5 Å². The van der Waals surface area contributed by atoms with E-state index in [1.807, 2.05) is 0 Å². The lowest BCUT2D eigenvalue weighted by Gasteiger charge is -2.09. The highest BCUT2D eigenvalue weighted by Gasteiger charge is 2.30. The lowest BCUT2D eigenvalue weighted by atomic mass is 10.1. The minimum absolute atomic E-state index is 0.140. The highest BCUT2D eigenvalue weighted by Crippen LogP contribution is 2.38. The van der Waals surface area contributed by atoms with Crippen molar-refractivity contribution in [3.8, 4) is 6.07 Å². The third-order valence-electron chi connectivity index (χ3n) is 4.25. The van der Waals surface area contributed by atoms with Gasteiger partial charge in [-0.25, -0.2) is 0 Å². The highest BCUT2D eigenvalue weighted by atomic mass is 32.1. The second-order valence-electron chi connectivity index (χ2n) is 6.26. The topological polar surface area (TPSA) is 79.2 Å². The number of carbonyl (C=O) groups is 2. The third-order valence-corrected chi connectivity index (χ3v) is 5.46. The fourth-order valence-electron chi connectivity index (χ4n) is 2.99. The maximum Gasteiger partial charge on any atom is 0.416 e. The van der Waals surface area contributed by atoms with E-state index in [0.717, 1.165) is 41.8 Å². The molecule has 0 bridgehead atoms. The summed E-state index contributed by atoms with van der Waals surface area (Å²) in [5.41, 5.74) is 0.692. The standard InChI is InChI=1S/C19H15F3N2O3S/c20-19(21,22)12-4-1-3-11(7-12)8-17(26)27-10-16(25)24-18-14(9-23)13-5-2-6-15(13)28-18/h1,3-4,7H,2,5-6,8,10H2,(H,24,25). The highest BCUT2D eigenvalue weighted by molar-refractivity contribution is 7.16. The number of thiophene rings is 1. The Labute approximate surface area is 162 Å². The smallest absolute Gasteiger partial charge is 0.416 e. The Hall–Kier alpha value is -2.86. The first kappa shape index (κ1) is 19.9. The van der Waals surface area contributed by atoms with E-state index in [-0.39, 0.29) is 12.0 Å². The number of alkyl halides is 3. The van der Waals surface area contributed by atoms with E-state index in [4.69, 9.17) is 4.74 Å². The molecule has 0 spiro atoms. The van der Waals surface area contributed by atoms with Gasteiger partial charge in [0, 0.05) is 4.88 Å². The van der Waals surface area contributed by atoms with Gasteiger partial charge in [0.15, 0.2) is 6.61 Å². The van der Waals surface area contributed by atoms with Gasteiger partial charge in [-0.3, -0.25) is 9.59 Å². The zero-order valence-electron chi connectivity index (χ0n) is 14.6. The Bertz CT molecular complexity index is 960. The van der Waals surface area contributed by atoms with Gasteiger partial charge in [0.1, 0.15) is 11.1 Å². The van der Waals surface area contributed by atoms with Crippen LogP contribution in [0.2, 0.25) is 0 Å². The Morgan fingerprint density at radius 1 is 1.29 bits per heavy atom. The van der Waals surface area contributed by atoms with Crippen molar-refractivity contribution in [2.75, 3.05) is 11.9 Å². The van der Waals surface area contributed by atoms with Crippen LogP contribution in [0.25, 0.3) is 0 Å². The molecule has 0 atom stereocenters. The molecule has 146 valence electrons. The maximum absolute atomic E-state index is 12.7. The summed E-state index contributed by atoms with van der Waals surface area (Å²) in [5.74, 6) is -1.42. The molecule has 0 saturated heterocycles. The van der Waals surface area contributed by atoms with E-state index < -0.39 is 30.2 Å². The van der Waals surface area contributed by atoms with Crippen molar-refractivity contribution in [3.63, 3.8) is 0 Å². The molecule has 9 heteroatoms. The Morgan fingerprint density at radius 2 is 2.07 bits per heavy atom. The first-order chi connectivity index (χ1) is 13.3. The number of benzene rings is 1. The van der Waals surface area contributed by atoms with Crippen molar-refractivity contribution in [3.05, 3.63) is 51.4 Å². The monoisotopic (exact) mass is 408 g/mol. The van der Waals surface area contributed by atoms with Crippen LogP contribution in [0.15, 0.2) is 24.3 Å². The molecule has 1 aliphatic rings. The predicted molar refractivity (Wildman–Crippen MR) is 95.8 cm³/mol. The van der Waals surface area contributed by atoms with E-state index in [1.165, 1.54) is 23.5 Å². The predicted octanol–water partition coefficient (Wildman–Crippen LogP) is 3.85. The average Bonchev–Trinajstić information content (AvgIpc) is 3.20. The number of amides is 1. The van der Waals surface area contributed by atoms with Gasteiger partial charge in [-0.15, -0.1) is 11.3 Å². The zero-order valence-corrected chi connectivity index (χ0v) is 15.4. The number of nitriles is 1. The number of anilines is 1. The van der Waals surface area contributed by atoms with E-state index in [2.05, 4.69) is 11.4 Å². The summed E-state index contributed by atoms with van der Waals surface area (Å²) in [5, 5.41) is 12.3. The van der Waals surface area contributed by atoms with Gasteiger partial charge >= 0.3 is 12.1 Å². The summed E-state index contributed by atoms with van der Waals surface area (Å²) in [6.45, 7) is -0.578. The molecule has 1 aromatic heterocycles. The van der Waals surface area contributed by atoms with Crippen molar-refractivity contribution in [1.82, 2.24) is 0 Å². The van der Waals surface area contributed by atoms with Crippen LogP contribution < -0.4 is 5.32 Å². The summed E-state index contributed by atoms with van der Waals surface area (Å²) < 4.78 is 42.9. The van der Waals surface area contributed by atoms with Gasteiger partial charge in [-0.1, -0.05) is 18.2 Å². The van der Waals surface area contributed by atoms with E-state index in [9.17, 15) is 28.0 Å². The lowest BCUT2D eigenvalue weighted by molar-refractivity contribution is -0.146. The zero-order chi connectivity index (χ0) is 20.3. The van der Waals surface area contributed by atoms with E-state index >= 15 is 0 Å². The van der Waals surface area contributed by atoms with E-state index in [1.54, 1.807) is 0 Å². The van der Waals surface area contributed by atoms with Gasteiger partial charge < -0.3 is 10.1 Å². The Kier molecular flexibility index (Phi) is 5.70. The SMILES string of the molecule is N#Cc1c(NC(=O)COC(=O)Cc2cccc(C(F)(F)F)c2)sc2c1CCC2. The lowest BCUT2D eigenvalue weighted by Crippen LogP contribution is -2.21. The number of hydrogen-bond acceptors (Lipinski definition) is 5. The molecule has 0 aliphatic heterocycles. The van der Waals surface area contributed by atoms with Crippen LogP contribution in [-0.2, 0) is 39.8 Å². The van der Waals surface area contributed by atoms with E-state index in [0.29, 0.717) is 10.6 Å². The first-order valence-corrected chi connectivity index (χ1v) is 9.26. The summed E-state index contributed by atoms with van der Waals surface area (Å²) in [4.78, 5) is 24.9. The number of halogens is 3. The summed E-state index contributed by atoms with van der Waals surface area (Å²) in [6.07, 6.45) is -2.22. The molecular weight excluding hydrogens is 393 g/mol. The molecule has 0 fully saturated rings. The second-order valence-corrected chi connectivity index (χ2v) is 7.36. The minimum atomic E-state index is -4.50. The molecular formula is C19H15F3N2O3S. The third kappa shape index (κ3) is 4.51. The summed E-state index contributed by atoms with van der Waals surface area (Å²) >= 11 is 1.34. The molecule has 3 rings (SSSR count). The molecule has 2 aromatic rings. The number of ether oxygens (including phenoxy) is 1. The normalized spacial score (nSPS) is 12.9. The van der Waals surface area contributed by atoms with Crippen LogP contribution in [0.4, 0.5) is 18.2 Å². The molecule has 5 nitrogen and oxygen atoms in total. The number of hydrogen-bond donors (Lipinski definition) is 1. The Balaban J connectivity index is 1.54. The van der Waals surface area contributed by atoms with Gasteiger partial charge in [-0.2, -0.15) is 18.4 Å². The van der Waals surface area contributed by atoms with Crippen LogP contribution >= 0.6 is 11.3 Å². The molecule has 28 heavy (non-hydrogen) atoms. The fourth-order valence-corrected chi connectivity index (χ4v) is 4.25. The van der Waals surface area contributed by atoms with Gasteiger partial charge in [0.25, 0.3) is 5.91 Å². The van der Waals surface area contributed by atoms with Crippen molar-refractivity contribution >= 4 is 28.2 Å². The summed E-state index contributed by atoms with van der Waals surface area (Å²) in [7, 11) is 0. The number of rotatable bonds is 5. The number of carbonyl (C=O) groups excluding carboxylic acids is 2. The molecule has 1 amide bonds. The van der Waals surface area contributed by atoms with Gasteiger partial charge in [-0.05, 0) is 36.5 Å². The first-order valence-electron chi connectivity index (χ1n) is 8.44. The quantitative estimate of drug-likeness (QED) is 0.763. The largest absolute Gasteiger partial charge is 0.455 e. The molecule has 1 N–H and O–H groups in total. The number of esters is 1. The molecule has 0 radical (unpaired) electrons. The van der Waals surface area contributed by atoms with Crippen LogP contribution in [0, 0.1) is 11.3 Å². The van der Waals surface area contributed by atoms with Crippen LogP contribution in [-0.4, -0.2) is 18.5 Å². The summed E-state index contributed by atoms with van der Waals surface area (Å²) in [6, 6.07) is 6.46. The molecule has 0 unspecified atom stereocenters. The second kappa shape index (κ2) is 8.02. The Morgan fingerprint density at radius 3 is 2.79 bits per heavy atom. The van der Waals surface area contributed by atoms with Crippen molar-refractivity contribution in [1.29, 1.82) is 5.26 Å². The minimum Gasteiger partial charge on any atom is -0.455 e. The van der Waals surface area contributed by atoms with Gasteiger partial charge in [0.2, 0.25) is 0 Å². The molecule has 1 heterocycles. The number of aryl methyl sites for hydroxylation is 1. The van der Waals surface area contributed by atoms with Crippen LogP contribution in [0.5, 0.6) is 0 Å². The fraction of sp³-hybridized carbons (Fsp3) is 0.316. The van der Waals surface area contributed by atoms with Crippen molar-refractivity contribution < 1.29 is 27.5 Å². The number of nitrogens with one attached hydrogen (secondary N) is 1. The van der Waals surface area contributed by atoms with Crippen LogP contribution in [0.1, 0.15) is 33.6 Å². The number of fused-ring (bicyclic) bond motifs is 1. The molecule has 1 aromatic carbocycles. The molecule has 1 aliphatic carbocycles. The number of nitrogens with zero attached hydrogens (tertiary/aromatic N) is 1. The average molecular weight is 408 g/mol. The maximum atomic E-state index is 12.7. The molecule has 0 saturated carbocycles. The van der Waals surface area contributed by atoms with Crippen molar-refractivity contribution in [2.45, 2.75) is 31.9 Å². The van der Waals surface area contributed by atoms with Crippen LogP contribution in [0.3, 0.4) is 0 Å².